The van der Waals surface area contributed by atoms with Crippen molar-refractivity contribution in [2.75, 3.05) is 13.7 Å². The molecule has 33 heavy (non-hydrogen) atoms. The van der Waals surface area contributed by atoms with Crippen molar-refractivity contribution in [3.05, 3.63) is 0 Å². The molecule has 1 rings (SSSR count). The average molecular weight is 469 g/mol. The first-order valence-corrected chi connectivity index (χ1v) is 13.1. The molecule has 0 aromatic carbocycles. The zero-order chi connectivity index (χ0) is 24.9. The van der Waals surface area contributed by atoms with Crippen LogP contribution in [-0.2, 0) is 23.9 Å². The average Bonchev–Trinajstić information content (AvgIpc) is 3.10. The van der Waals surface area contributed by atoms with Gasteiger partial charge in [0.2, 0.25) is 0 Å². The van der Waals surface area contributed by atoms with Crippen molar-refractivity contribution in [1.82, 2.24) is 0 Å². The SMILES string of the molecule is CCCCCC(O)CCC1CCC(=O)C1(CCC(C)CCCC(=O)OCC(C)C)C(=O)OC. The number of ketones is 1. The Morgan fingerprint density at radius 2 is 1.82 bits per heavy atom. The second-order valence-electron chi connectivity index (χ2n) is 10.5. The summed E-state index contributed by atoms with van der Waals surface area (Å²) in [5, 5.41) is 10.4. The van der Waals surface area contributed by atoms with Gasteiger partial charge in [0.05, 0.1) is 19.8 Å². The third kappa shape index (κ3) is 9.76. The molecular formula is C27H48O6. The zero-order valence-corrected chi connectivity index (χ0v) is 21.7. The van der Waals surface area contributed by atoms with Crippen molar-refractivity contribution in [1.29, 1.82) is 0 Å². The maximum atomic E-state index is 13.0. The molecule has 0 aliphatic heterocycles. The summed E-state index contributed by atoms with van der Waals surface area (Å²) in [6, 6.07) is 0. The van der Waals surface area contributed by atoms with Crippen LogP contribution in [0.15, 0.2) is 0 Å². The summed E-state index contributed by atoms with van der Waals surface area (Å²) in [7, 11) is 1.36. The minimum atomic E-state index is -1.08. The third-order valence-corrected chi connectivity index (χ3v) is 7.14. The quantitative estimate of drug-likeness (QED) is 0.169. The number of unbranched alkanes of at least 4 members (excludes halogenated alkanes) is 2. The lowest BCUT2D eigenvalue weighted by Crippen LogP contribution is -2.42. The number of hydrogen-bond acceptors (Lipinski definition) is 6. The molecule has 1 N–H and O–H groups in total. The van der Waals surface area contributed by atoms with E-state index in [9.17, 15) is 19.5 Å². The molecule has 0 spiro atoms. The van der Waals surface area contributed by atoms with Crippen molar-refractivity contribution < 1.29 is 29.0 Å². The maximum Gasteiger partial charge on any atom is 0.319 e. The maximum absolute atomic E-state index is 13.0. The van der Waals surface area contributed by atoms with Gasteiger partial charge in [-0.2, -0.15) is 0 Å². The van der Waals surface area contributed by atoms with Crippen molar-refractivity contribution in [3.8, 4) is 0 Å². The second-order valence-corrected chi connectivity index (χ2v) is 10.5. The van der Waals surface area contributed by atoms with Crippen molar-refractivity contribution in [2.24, 2.45) is 23.2 Å². The first-order chi connectivity index (χ1) is 15.7. The number of carbonyl (C=O) groups excluding carboxylic acids is 3. The Kier molecular flexibility index (Phi) is 13.9. The van der Waals surface area contributed by atoms with Gasteiger partial charge in [-0.25, -0.2) is 0 Å². The number of rotatable bonds is 17. The summed E-state index contributed by atoms with van der Waals surface area (Å²) in [4.78, 5) is 37.7. The van der Waals surface area contributed by atoms with Gasteiger partial charge in [-0.05, 0) is 62.7 Å². The van der Waals surface area contributed by atoms with Crippen LogP contribution in [0.4, 0.5) is 0 Å². The predicted molar refractivity (Wildman–Crippen MR) is 130 cm³/mol. The Balaban J connectivity index is 2.63. The highest BCUT2D eigenvalue weighted by Gasteiger charge is 2.55. The largest absolute Gasteiger partial charge is 0.468 e. The molecule has 0 heterocycles. The molecule has 0 aromatic heterocycles. The fraction of sp³-hybridized carbons (Fsp3) is 0.889. The minimum absolute atomic E-state index is 0.00992. The van der Waals surface area contributed by atoms with Gasteiger partial charge in [0.25, 0.3) is 0 Å². The minimum Gasteiger partial charge on any atom is -0.468 e. The Morgan fingerprint density at radius 3 is 2.45 bits per heavy atom. The topological polar surface area (TPSA) is 89.9 Å². The number of Topliss-reactive ketones (excluding diaryl/α,β-unsaturated/α-hetero) is 1. The molecule has 1 aliphatic carbocycles. The number of esters is 2. The number of carbonyl (C=O) groups is 3. The van der Waals surface area contributed by atoms with Crippen molar-refractivity contribution >= 4 is 17.7 Å². The highest BCUT2D eigenvalue weighted by molar-refractivity contribution is 6.05. The van der Waals surface area contributed by atoms with Crippen LogP contribution in [0, 0.1) is 23.2 Å². The molecule has 4 unspecified atom stereocenters. The summed E-state index contributed by atoms with van der Waals surface area (Å²) < 4.78 is 10.4. The Hall–Kier alpha value is -1.43. The van der Waals surface area contributed by atoms with E-state index in [-0.39, 0.29) is 29.7 Å². The van der Waals surface area contributed by atoms with E-state index in [4.69, 9.17) is 9.47 Å². The summed E-state index contributed by atoms with van der Waals surface area (Å²) in [5.74, 6) is -0.0407. The van der Waals surface area contributed by atoms with Crippen molar-refractivity contribution in [3.63, 3.8) is 0 Å². The van der Waals surface area contributed by atoms with Crippen LogP contribution in [-0.4, -0.2) is 42.6 Å². The predicted octanol–water partition coefficient (Wildman–Crippen LogP) is 5.63. The van der Waals surface area contributed by atoms with E-state index in [1.807, 2.05) is 13.8 Å². The van der Waals surface area contributed by atoms with E-state index in [1.54, 1.807) is 0 Å². The molecule has 0 bridgehead atoms. The Bertz CT molecular complexity index is 601. The van der Waals surface area contributed by atoms with Crippen LogP contribution in [0.5, 0.6) is 0 Å². The molecule has 0 radical (unpaired) electrons. The van der Waals surface area contributed by atoms with Crippen LogP contribution in [0.1, 0.15) is 111 Å². The number of hydrogen-bond donors (Lipinski definition) is 1. The molecule has 192 valence electrons. The summed E-state index contributed by atoms with van der Waals surface area (Å²) in [6.45, 7) is 8.72. The van der Waals surface area contributed by atoms with Gasteiger partial charge in [-0.3, -0.25) is 14.4 Å². The van der Waals surface area contributed by atoms with Crippen LogP contribution in [0.2, 0.25) is 0 Å². The van der Waals surface area contributed by atoms with Crippen LogP contribution in [0.25, 0.3) is 0 Å². The van der Waals surface area contributed by atoms with Gasteiger partial charge in [0.1, 0.15) is 11.2 Å². The van der Waals surface area contributed by atoms with E-state index in [0.717, 1.165) is 44.9 Å². The molecule has 0 aromatic rings. The third-order valence-electron chi connectivity index (χ3n) is 7.14. The lowest BCUT2D eigenvalue weighted by molar-refractivity contribution is -0.160. The summed E-state index contributed by atoms with van der Waals surface area (Å²) in [5.41, 5.74) is -1.08. The van der Waals surface area contributed by atoms with Crippen LogP contribution >= 0.6 is 0 Å². The van der Waals surface area contributed by atoms with E-state index < -0.39 is 11.4 Å². The van der Waals surface area contributed by atoms with Gasteiger partial charge >= 0.3 is 11.9 Å². The Labute approximate surface area is 201 Å². The highest BCUT2D eigenvalue weighted by atomic mass is 16.5. The molecule has 1 saturated carbocycles. The number of methoxy groups -OCH3 is 1. The lowest BCUT2D eigenvalue weighted by Gasteiger charge is -2.32. The smallest absolute Gasteiger partial charge is 0.319 e. The van der Waals surface area contributed by atoms with Gasteiger partial charge in [-0.15, -0.1) is 0 Å². The van der Waals surface area contributed by atoms with Crippen LogP contribution in [0.3, 0.4) is 0 Å². The summed E-state index contributed by atoms with van der Waals surface area (Å²) >= 11 is 0. The van der Waals surface area contributed by atoms with E-state index in [2.05, 4.69) is 13.8 Å². The number of aliphatic hydroxyl groups excluding tert-OH is 1. The molecule has 0 amide bonds. The van der Waals surface area contributed by atoms with Gasteiger partial charge in [0.15, 0.2) is 0 Å². The van der Waals surface area contributed by atoms with E-state index >= 15 is 0 Å². The van der Waals surface area contributed by atoms with Gasteiger partial charge < -0.3 is 14.6 Å². The van der Waals surface area contributed by atoms with Crippen LogP contribution < -0.4 is 0 Å². The molecular weight excluding hydrogens is 420 g/mol. The molecule has 6 nitrogen and oxygen atoms in total. The normalized spacial score (nSPS) is 22.4. The second kappa shape index (κ2) is 15.5. The highest BCUT2D eigenvalue weighted by Crippen LogP contribution is 2.48. The first-order valence-electron chi connectivity index (χ1n) is 13.1. The lowest BCUT2D eigenvalue weighted by atomic mass is 9.70. The monoisotopic (exact) mass is 468 g/mol. The first kappa shape index (κ1) is 29.6. The number of aliphatic hydroxyl groups is 1. The molecule has 0 saturated heterocycles. The molecule has 6 heteroatoms. The molecule has 4 atom stereocenters. The fourth-order valence-electron chi connectivity index (χ4n) is 5.01. The van der Waals surface area contributed by atoms with Gasteiger partial charge in [-0.1, -0.05) is 53.4 Å². The molecule has 1 aliphatic rings. The standard InChI is InChI=1S/C27H48O6/c1-6-7-8-11-23(28)15-13-22-14-16-24(29)27(22,26(31)32-5)18-17-21(4)10-9-12-25(30)33-19-20(2)3/h20-23,28H,6-19H2,1-5H3. The number of ether oxygens (including phenoxy) is 2. The molecule has 1 fully saturated rings. The van der Waals surface area contributed by atoms with Crippen molar-refractivity contribution in [2.45, 2.75) is 117 Å². The summed E-state index contributed by atoms with van der Waals surface area (Å²) in [6.07, 6.45) is 9.21. The van der Waals surface area contributed by atoms with E-state index in [0.29, 0.717) is 51.0 Å². The zero-order valence-electron chi connectivity index (χ0n) is 21.7. The van der Waals surface area contributed by atoms with Gasteiger partial charge in [0, 0.05) is 12.8 Å². The fourth-order valence-corrected chi connectivity index (χ4v) is 5.01. The van der Waals surface area contributed by atoms with E-state index in [1.165, 1.54) is 7.11 Å². The Morgan fingerprint density at radius 1 is 1.09 bits per heavy atom.